The van der Waals surface area contributed by atoms with Crippen molar-refractivity contribution in [2.24, 2.45) is 5.73 Å². The Morgan fingerprint density at radius 1 is 1.12 bits per heavy atom. The quantitative estimate of drug-likeness (QED) is 0.864. The van der Waals surface area contributed by atoms with Crippen molar-refractivity contribution in [3.05, 3.63) is 41.7 Å². The van der Waals surface area contributed by atoms with Crippen molar-refractivity contribution in [3.8, 4) is 0 Å². The highest BCUT2D eigenvalue weighted by Gasteiger charge is 2.28. The van der Waals surface area contributed by atoms with Crippen molar-refractivity contribution < 1.29 is 9.59 Å². The highest BCUT2D eigenvalue weighted by molar-refractivity contribution is 6.05. The first-order valence-electron chi connectivity index (χ1n) is 9.17. The zero-order valence-electron chi connectivity index (χ0n) is 14.6. The van der Waals surface area contributed by atoms with Gasteiger partial charge in [0.25, 0.3) is 11.8 Å². The number of anilines is 2. The summed E-state index contributed by atoms with van der Waals surface area (Å²) in [6.45, 7) is 1.79. The number of nitrogens with one attached hydrogen (secondary N) is 1. The maximum Gasteiger partial charge on any atom is 0.273 e. The van der Waals surface area contributed by atoms with E-state index < -0.39 is 5.91 Å². The second kappa shape index (κ2) is 6.82. The largest absolute Gasteiger partial charge is 0.371 e. The smallest absolute Gasteiger partial charge is 0.273 e. The van der Waals surface area contributed by atoms with E-state index in [1.807, 2.05) is 6.07 Å². The minimum absolute atomic E-state index is 0.189. The predicted molar refractivity (Wildman–Crippen MR) is 99.5 cm³/mol. The molecule has 0 radical (unpaired) electrons. The average molecular weight is 353 g/mol. The number of nitrogens with zero attached hydrogens (tertiary/aromatic N) is 3. The molecule has 1 aromatic heterocycles. The molecule has 2 aliphatic rings. The van der Waals surface area contributed by atoms with Crippen LogP contribution in [0.25, 0.3) is 0 Å². The van der Waals surface area contributed by atoms with Crippen molar-refractivity contribution in [1.82, 2.24) is 9.78 Å². The first kappa shape index (κ1) is 16.6. The molecule has 2 amide bonds. The fourth-order valence-corrected chi connectivity index (χ4v) is 3.51. The first-order chi connectivity index (χ1) is 12.6. The first-order valence-corrected chi connectivity index (χ1v) is 9.17. The summed E-state index contributed by atoms with van der Waals surface area (Å²) in [5.41, 5.74) is 8.05. The van der Waals surface area contributed by atoms with Crippen LogP contribution >= 0.6 is 0 Å². The van der Waals surface area contributed by atoms with E-state index in [0.717, 1.165) is 44.5 Å². The molecule has 2 fully saturated rings. The molecule has 3 N–H and O–H groups in total. The standard InChI is InChI=1S/C19H23N5O2/c20-18(25)15-7-4-13(12-17(15)23-10-2-1-3-11-23)22-19(26)16-8-9-21-24(16)14-5-6-14/h4,7-9,12,14H,1-3,5-6,10-11H2,(H2,20,25)(H,22,26). The van der Waals surface area contributed by atoms with Crippen LogP contribution in [0.2, 0.25) is 0 Å². The molecule has 0 spiro atoms. The number of primary amides is 1. The number of rotatable bonds is 5. The topological polar surface area (TPSA) is 93.2 Å². The van der Waals surface area contributed by atoms with Gasteiger partial charge < -0.3 is 16.0 Å². The van der Waals surface area contributed by atoms with Gasteiger partial charge >= 0.3 is 0 Å². The Hall–Kier alpha value is -2.83. The normalized spacial score (nSPS) is 17.2. The molecule has 0 bridgehead atoms. The third-order valence-electron chi connectivity index (χ3n) is 5.01. The fourth-order valence-electron chi connectivity index (χ4n) is 3.51. The summed E-state index contributed by atoms with van der Waals surface area (Å²) in [5.74, 6) is -0.638. The van der Waals surface area contributed by atoms with E-state index >= 15 is 0 Å². The number of carbonyl (C=O) groups excluding carboxylic acids is 2. The van der Waals surface area contributed by atoms with E-state index in [9.17, 15) is 9.59 Å². The van der Waals surface area contributed by atoms with Crippen LogP contribution in [-0.4, -0.2) is 34.7 Å². The number of aromatic nitrogens is 2. The van der Waals surface area contributed by atoms with E-state index in [0.29, 0.717) is 23.0 Å². The van der Waals surface area contributed by atoms with Crippen molar-refractivity contribution >= 4 is 23.2 Å². The van der Waals surface area contributed by atoms with Gasteiger partial charge in [0.2, 0.25) is 0 Å². The van der Waals surface area contributed by atoms with E-state index in [1.54, 1.807) is 29.1 Å². The second-order valence-corrected chi connectivity index (χ2v) is 6.99. The van der Waals surface area contributed by atoms with Crippen molar-refractivity contribution in [3.63, 3.8) is 0 Å². The Morgan fingerprint density at radius 2 is 1.88 bits per heavy atom. The van der Waals surface area contributed by atoms with Crippen LogP contribution in [0, 0.1) is 0 Å². The molecule has 2 heterocycles. The van der Waals surface area contributed by atoms with Crippen molar-refractivity contribution in [2.45, 2.75) is 38.1 Å². The Kier molecular flexibility index (Phi) is 4.36. The zero-order chi connectivity index (χ0) is 18.1. The second-order valence-electron chi connectivity index (χ2n) is 6.99. The summed E-state index contributed by atoms with van der Waals surface area (Å²) in [6.07, 6.45) is 7.17. The van der Waals surface area contributed by atoms with Gasteiger partial charge in [-0.3, -0.25) is 14.3 Å². The maximum atomic E-state index is 12.7. The van der Waals surface area contributed by atoms with Gasteiger partial charge in [-0.2, -0.15) is 5.10 Å². The molecule has 0 unspecified atom stereocenters. The molecular weight excluding hydrogens is 330 g/mol. The molecule has 1 aliphatic heterocycles. The predicted octanol–water partition coefficient (Wildman–Crippen LogP) is 2.56. The molecule has 0 atom stereocenters. The van der Waals surface area contributed by atoms with E-state index in [-0.39, 0.29) is 5.91 Å². The highest BCUT2D eigenvalue weighted by atomic mass is 16.2. The molecule has 1 aliphatic carbocycles. The monoisotopic (exact) mass is 353 g/mol. The number of piperidine rings is 1. The van der Waals surface area contributed by atoms with Crippen LogP contribution in [0.15, 0.2) is 30.5 Å². The number of hydrogen-bond donors (Lipinski definition) is 2. The lowest BCUT2D eigenvalue weighted by Gasteiger charge is -2.30. The van der Waals surface area contributed by atoms with Crippen LogP contribution < -0.4 is 16.0 Å². The van der Waals surface area contributed by atoms with Gasteiger partial charge in [0.15, 0.2) is 0 Å². The Bertz CT molecular complexity index is 834. The SMILES string of the molecule is NC(=O)c1ccc(NC(=O)c2ccnn2C2CC2)cc1N1CCCCC1. The minimum atomic E-state index is -0.449. The summed E-state index contributed by atoms with van der Waals surface area (Å²) in [7, 11) is 0. The molecule has 2 aromatic rings. The number of hydrogen-bond acceptors (Lipinski definition) is 4. The summed E-state index contributed by atoms with van der Waals surface area (Å²) >= 11 is 0. The van der Waals surface area contributed by atoms with Crippen molar-refractivity contribution in [1.29, 1.82) is 0 Å². The lowest BCUT2D eigenvalue weighted by Crippen LogP contribution is -2.31. The van der Waals surface area contributed by atoms with Gasteiger partial charge in [-0.1, -0.05) is 0 Å². The highest BCUT2D eigenvalue weighted by Crippen LogP contribution is 2.35. The molecular formula is C19H23N5O2. The Balaban J connectivity index is 1.59. The third kappa shape index (κ3) is 3.29. The molecule has 7 nitrogen and oxygen atoms in total. The number of benzene rings is 1. The van der Waals surface area contributed by atoms with E-state index in [4.69, 9.17) is 5.73 Å². The van der Waals surface area contributed by atoms with Gasteiger partial charge in [-0.15, -0.1) is 0 Å². The van der Waals surface area contributed by atoms with Crippen LogP contribution in [-0.2, 0) is 0 Å². The summed E-state index contributed by atoms with van der Waals surface area (Å²) in [5, 5.41) is 7.19. The van der Waals surface area contributed by atoms with Gasteiger partial charge in [-0.05, 0) is 56.4 Å². The van der Waals surface area contributed by atoms with Gasteiger partial charge in [-0.25, -0.2) is 0 Å². The van der Waals surface area contributed by atoms with Crippen LogP contribution in [0.5, 0.6) is 0 Å². The molecule has 7 heteroatoms. The number of nitrogens with two attached hydrogens (primary N) is 1. The van der Waals surface area contributed by atoms with Gasteiger partial charge in [0.1, 0.15) is 5.69 Å². The Labute approximate surface area is 152 Å². The van der Waals surface area contributed by atoms with Crippen LogP contribution in [0.1, 0.15) is 59.0 Å². The maximum absolute atomic E-state index is 12.7. The summed E-state index contributed by atoms with van der Waals surface area (Å²) in [6, 6.07) is 7.34. The minimum Gasteiger partial charge on any atom is -0.371 e. The molecule has 1 aromatic carbocycles. The lowest BCUT2D eigenvalue weighted by atomic mass is 10.1. The number of amides is 2. The van der Waals surface area contributed by atoms with E-state index in [1.165, 1.54) is 6.42 Å². The summed E-state index contributed by atoms with van der Waals surface area (Å²) in [4.78, 5) is 26.6. The summed E-state index contributed by atoms with van der Waals surface area (Å²) < 4.78 is 1.79. The lowest BCUT2D eigenvalue weighted by molar-refractivity contribution is 0.0997. The third-order valence-corrected chi connectivity index (χ3v) is 5.01. The molecule has 4 rings (SSSR count). The average Bonchev–Trinajstić information content (AvgIpc) is 3.38. The van der Waals surface area contributed by atoms with Crippen LogP contribution in [0.4, 0.5) is 11.4 Å². The molecule has 136 valence electrons. The number of carbonyl (C=O) groups is 2. The molecule has 1 saturated carbocycles. The van der Waals surface area contributed by atoms with Gasteiger partial charge in [0, 0.05) is 25.0 Å². The molecule has 1 saturated heterocycles. The van der Waals surface area contributed by atoms with E-state index in [2.05, 4.69) is 15.3 Å². The van der Waals surface area contributed by atoms with Crippen molar-refractivity contribution in [2.75, 3.05) is 23.3 Å². The van der Waals surface area contributed by atoms with Crippen LogP contribution in [0.3, 0.4) is 0 Å². The Morgan fingerprint density at radius 3 is 2.58 bits per heavy atom. The fraction of sp³-hybridized carbons (Fsp3) is 0.421. The van der Waals surface area contributed by atoms with Gasteiger partial charge in [0.05, 0.1) is 17.3 Å². The zero-order valence-corrected chi connectivity index (χ0v) is 14.6. The molecule has 26 heavy (non-hydrogen) atoms.